The molecule has 1 saturated heterocycles. The maximum absolute atomic E-state index is 12.4. The lowest BCUT2D eigenvalue weighted by atomic mass is 10.3. The Morgan fingerprint density at radius 1 is 1.28 bits per heavy atom. The molecular formula is C14H14F3N3O3S2. The Morgan fingerprint density at radius 3 is 2.60 bits per heavy atom. The predicted octanol–water partition coefficient (Wildman–Crippen LogP) is 2.60. The number of rotatable bonds is 5. The summed E-state index contributed by atoms with van der Waals surface area (Å²) in [7, 11) is -3.83. The van der Waals surface area contributed by atoms with E-state index in [-0.39, 0.29) is 10.9 Å². The lowest BCUT2D eigenvalue weighted by Gasteiger charge is -2.16. The van der Waals surface area contributed by atoms with Crippen molar-refractivity contribution in [1.29, 1.82) is 0 Å². The van der Waals surface area contributed by atoms with Crippen LogP contribution in [0.1, 0.15) is 6.42 Å². The van der Waals surface area contributed by atoms with E-state index in [1.165, 1.54) is 11.3 Å². The molecule has 1 aromatic carbocycles. The summed E-state index contributed by atoms with van der Waals surface area (Å²) in [6.45, 7) is 1.17. The van der Waals surface area contributed by atoms with Gasteiger partial charge in [-0.25, -0.2) is 18.1 Å². The number of benzene rings is 1. The van der Waals surface area contributed by atoms with Gasteiger partial charge in [0.05, 0.1) is 4.90 Å². The summed E-state index contributed by atoms with van der Waals surface area (Å²) < 4.78 is 67.5. The van der Waals surface area contributed by atoms with Crippen molar-refractivity contribution in [2.75, 3.05) is 18.0 Å². The third kappa shape index (κ3) is 4.61. The van der Waals surface area contributed by atoms with E-state index in [2.05, 4.69) is 14.4 Å². The zero-order valence-corrected chi connectivity index (χ0v) is 14.4. The quantitative estimate of drug-likeness (QED) is 0.846. The number of hydrogen-bond donors (Lipinski definition) is 1. The van der Waals surface area contributed by atoms with E-state index in [4.69, 9.17) is 0 Å². The number of hydrogen-bond acceptors (Lipinski definition) is 6. The van der Waals surface area contributed by atoms with Gasteiger partial charge in [-0.2, -0.15) is 0 Å². The molecule has 0 radical (unpaired) electrons. The van der Waals surface area contributed by atoms with Crippen LogP contribution in [0.4, 0.5) is 18.3 Å². The molecule has 1 fully saturated rings. The molecule has 1 aliphatic rings. The maximum Gasteiger partial charge on any atom is 0.573 e. The fourth-order valence-corrected chi connectivity index (χ4v) is 4.45. The Bertz CT molecular complexity index is 808. The van der Waals surface area contributed by atoms with E-state index in [0.29, 0.717) is 19.5 Å². The van der Waals surface area contributed by atoms with Crippen molar-refractivity contribution in [1.82, 2.24) is 9.71 Å². The number of alkyl halides is 3. The van der Waals surface area contributed by atoms with Crippen LogP contribution in [0.2, 0.25) is 0 Å². The number of nitrogens with zero attached hydrogens (tertiary/aromatic N) is 2. The number of halogens is 3. The zero-order chi connectivity index (χ0) is 18.1. The first-order valence-corrected chi connectivity index (χ1v) is 9.62. The van der Waals surface area contributed by atoms with Crippen LogP contribution < -0.4 is 14.4 Å². The molecule has 0 amide bonds. The van der Waals surface area contributed by atoms with Gasteiger partial charge in [-0.05, 0) is 30.7 Å². The molecule has 25 heavy (non-hydrogen) atoms. The summed E-state index contributed by atoms with van der Waals surface area (Å²) in [4.78, 5) is 6.06. The van der Waals surface area contributed by atoms with Crippen LogP contribution in [0.3, 0.4) is 0 Å². The third-order valence-electron chi connectivity index (χ3n) is 3.57. The smallest absolute Gasteiger partial charge is 0.406 e. The molecule has 0 saturated carbocycles. The Hall–Kier alpha value is -1.85. The summed E-state index contributed by atoms with van der Waals surface area (Å²) in [5, 5.41) is 2.67. The monoisotopic (exact) mass is 393 g/mol. The third-order valence-corrected chi connectivity index (χ3v) is 5.94. The number of thiazole rings is 1. The van der Waals surface area contributed by atoms with Gasteiger partial charge in [0.25, 0.3) is 0 Å². The highest BCUT2D eigenvalue weighted by molar-refractivity contribution is 7.89. The van der Waals surface area contributed by atoms with Crippen LogP contribution >= 0.6 is 11.3 Å². The minimum absolute atomic E-state index is 0.116. The highest BCUT2D eigenvalue weighted by atomic mass is 32.2. The van der Waals surface area contributed by atoms with Crippen molar-refractivity contribution in [3.8, 4) is 5.75 Å². The van der Waals surface area contributed by atoms with Crippen LogP contribution in [0.5, 0.6) is 5.75 Å². The van der Waals surface area contributed by atoms with Crippen molar-refractivity contribution in [2.24, 2.45) is 0 Å². The Morgan fingerprint density at radius 2 is 2.00 bits per heavy atom. The van der Waals surface area contributed by atoms with Crippen LogP contribution in [0, 0.1) is 0 Å². The normalized spacial score (nSPS) is 18.5. The van der Waals surface area contributed by atoms with Crippen molar-refractivity contribution in [2.45, 2.75) is 23.7 Å². The molecule has 1 aromatic heterocycles. The summed E-state index contributed by atoms with van der Waals surface area (Å²) in [6, 6.07) is 3.81. The van der Waals surface area contributed by atoms with E-state index in [0.717, 1.165) is 29.4 Å². The van der Waals surface area contributed by atoms with E-state index >= 15 is 0 Å². The molecular weight excluding hydrogens is 379 g/mol. The number of nitrogens with one attached hydrogen (secondary N) is 1. The van der Waals surface area contributed by atoms with Gasteiger partial charge in [0.15, 0.2) is 5.13 Å². The van der Waals surface area contributed by atoms with E-state index in [1.807, 2.05) is 10.3 Å². The molecule has 1 unspecified atom stereocenters. The van der Waals surface area contributed by atoms with Gasteiger partial charge in [-0.15, -0.1) is 24.5 Å². The second-order valence-corrected chi connectivity index (χ2v) is 7.97. The number of ether oxygens (including phenoxy) is 1. The number of anilines is 1. The van der Waals surface area contributed by atoms with Crippen LogP contribution in [-0.2, 0) is 10.0 Å². The molecule has 11 heteroatoms. The first-order valence-electron chi connectivity index (χ1n) is 7.25. The molecule has 6 nitrogen and oxygen atoms in total. The summed E-state index contributed by atoms with van der Waals surface area (Å²) in [6.07, 6.45) is -2.52. The molecule has 1 aliphatic heterocycles. The van der Waals surface area contributed by atoms with Crippen molar-refractivity contribution < 1.29 is 26.3 Å². The van der Waals surface area contributed by atoms with E-state index in [9.17, 15) is 21.6 Å². The highest BCUT2D eigenvalue weighted by Gasteiger charge is 2.32. The van der Waals surface area contributed by atoms with Crippen LogP contribution in [0.25, 0.3) is 0 Å². The van der Waals surface area contributed by atoms with Gasteiger partial charge in [0, 0.05) is 30.7 Å². The minimum atomic E-state index is -4.82. The van der Waals surface area contributed by atoms with Crippen LogP contribution in [-0.4, -0.2) is 38.9 Å². The second-order valence-electron chi connectivity index (χ2n) is 5.39. The Kier molecular flexibility index (Phi) is 4.89. The standard InChI is InChI=1S/C14H14F3N3O3S2/c15-14(16,17)23-11-1-3-12(4-2-11)25(21,22)19-10-5-7-20(9-10)13-18-6-8-24-13/h1-4,6,8,10,19H,5,7,9H2. The van der Waals surface area contributed by atoms with Gasteiger partial charge in [0.2, 0.25) is 10.0 Å². The molecule has 2 aromatic rings. The van der Waals surface area contributed by atoms with E-state index < -0.39 is 22.1 Å². The number of sulfonamides is 1. The molecule has 3 rings (SSSR count). The van der Waals surface area contributed by atoms with Crippen molar-refractivity contribution >= 4 is 26.5 Å². The van der Waals surface area contributed by atoms with Crippen molar-refractivity contribution in [3.63, 3.8) is 0 Å². The molecule has 136 valence electrons. The SMILES string of the molecule is O=S(=O)(NC1CCN(c2nccs2)C1)c1ccc(OC(F)(F)F)cc1. The highest BCUT2D eigenvalue weighted by Crippen LogP contribution is 2.25. The summed E-state index contributed by atoms with van der Waals surface area (Å²) >= 11 is 1.47. The lowest BCUT2D eigenvalue weighted by Crippen LogP contribution is -2.37. The predicted molar refractivity (Wildman–Crippen MR) is 86.2 cm³/mol. The molecule has 1 N–H and O–H groups in total. The number of aromatic nitrogens is 1. The lowest BCUT2D eigenvalue weighted by molar-refractivity contribution is -0.274. The molecule has 0 spiro atoms. The van der Waals surface area contributed by atoms with Gasteiger partial charge in [-0.1, -0.05) is 0 Å². The van der Waals surface area contributed by atoms with Gasteiger partial charge in [-0.3, -0.25) is 0 Å². The second kappa shape index (κ2) is 6.81. The largest absolute Gasteiger partial charge is 0.573 e. The average Bonchev–Trinajstić information content (AvgIpc) is 3.16. The first kappa shape index (κ1) is 18.0. The van der Waals surface area contributed by atoms with Crippen molar-refractivity contribution in [3.05, 3.63) is 35.8 Å². The summed E-state index contributed by atoms with van der Waals surface area (Å²) in [5.41, 5.74) is 0. The topological polar surface area (TPSA) is 71.5 Å². The van der Waals surface area contributed by atoms with Gasteiger partial charge in [0.1, 0.15) is 5.75 Å². The van der Waals surface area contributed by atoms with Gasteiger partial charge >= 0.3 is 6.36 Å². The van der Waals surface area contributed by atoms with Crippen LogP contribution in [0.15, 0.2) is 40.7 Å². The summed E-state index contributed by atoms with van der Waals surface area (Å²) in [5.74, 6) is -0.470. The Labute approximate surface area is 146 Å². The minimum Gasteiger partial charge on any atom is -0.406 e. The van der Waals surface area contributed by atoms with E-state index in [1.54, 1.807) is 6.20 Å². The Balaban J connectivity index is 1.64. The molecule has 0 aliphatic carbocycles. The fourth-order valence-electron chi connectivity index (χ4n) is 2.51. The van der Waals surface area contributed by atoms with Gasteiger partial charge < -0.3 is 9.64 Å². The zero-order valence-electron chi connectivity index (χ0n) is 12.7. The molecule has 0 bridgehead atoms. The average molecular weight is 393 g/mol. The maximum atomic E-state index is 12.4. The first-order chi connectivity index (χ1) is 11.7. The molecule has 2 heterocycles. The molecule has 1 atom stereocenters. The fraction of sp³-hybridized carbons (Fsp3) is 0.357.